The molecule has 0 aliphatic carbocycles. The predicted octanol–water partition coefficient (Wildman–Crippen LogP) is 1.70. The third-order valence-electron chi connectivity index (χ3n) is 3.34. The van der Waals surface area contributed by atoms with Gasteiger partial charge in [-0.15, -0.1) is 23.7 Å². The number of halogens is 1. The van der Waals surface area contributed by atoms with Gasteiger partial charge in [0, 0.05) is 38.0 Å². The Morgan fingerprint density at radius 3 is 2.54 bits per heavy atom. The molecule has 6 nitrogen and oxygen atoms in total. The quantitative estimate of drug-likeness (QED) is 0.812. The van der Waals surface area contributed by atoms with Gasteiger partial charge in [0.2, 0.25) is 0 Å². The van der Waals surface area contributed by atoms with E-state index in [2.05, 4.69) is 10.3 Å². The zero-order valence-electron chi connectivity index (χ0n) is 13.6. The van der Waals surface area contributed by atoms with Crippen LogP contribution in [0.2, 0.25) is 0 Å². The molecule has 0 saturated carbocycles. The maximum atomic E-state index is 12.4. The molecule has 0 unspecified atom stereocenters. The molecule has 0 aliphatic heterocycles. The summed E-state index contributed by atoms with van der Waals surface area (Å²) >= 11 is 1.45. The van der Waals surface area contributed by atoms with Crippen LogP contribution in [0, 0.1) is 0 Å². The lowest BCUT2D eigenvalue weighted by molar-refractivity contribution is 0.0779. The Bertz CT molecular complexity index is 688. The van der Waals surface area contributed by atoms with Crippen molar-refractivity contribution in [1.82, 2.24) is 15.2 Å². The predicted molar refractivity (Wildman–Crippen MR) is 97.8 cm³/mol. The van der Waals surface area contributed by atoms with Gasteiger partial charge in [-0.2, -0.15) is 0 Å². The number of thiazole rings is 1. The van der Waals surface area contributed by atoms with Crippen LogP contribution in [0.4, 0.5) is 0 Å². The van der Waals surface area contributed by atoms with E-state index in [9.17, 15) is 9.59 Å². The van der Waals surface area contributed by atoms with Crippen LogP contribution in [-0.4, -0.2) is 42.3 Å². The third kappa shape index (κ3) is 5.02. The van der Waals surface area contributed by atoms with Crippen molar-refractivity contribution in [2.24, 2.45) is 5.73 Å². The average molecular weight is 369 g/mol. The van der Waals surface area contributed by atoms with Crippen LogP contribution < -0.4 is 11.1 Å². The molecule has 0 aliphatic rings. The average Bonchev–Trinajstić information content (AvgIpc) is 3.03. The lowest BCUT2D eigenvalue weighted by atomic mass is 10.1. The van der Waals surface area contributed by atoms with E-state index >= 15 is 0 Å². The molecule has 0 spiro atoms. The first-order valence-electron chi connectivity index (χ1n) is 7.26. The van der Waals surface area contributed by atoms with Crippen LogP contribution in [0.3, 0.4) is 0 Å². The number of aromatic nitrogens is 1. The first-order valence-corrected chi connectivity index (χ1v) is 8.14. The fourth-order valence-electron chi connectivity index (χ4n) is 2.09. The summed E-state index contributed by atoms with van der Waals surface area (Å²) in [6, 6.07) is 7.17. The highest BCUT2D eigenvalue weighted by Gasteiger charge is 2.15. The molecule has 2 rings (SSSR count). The number of carbonyl (C=O) groups is 2. The minimum Gasteiger partial charge on any atom is -0.355 e. The van der Waals surface area contributed by atoms with E-state index in [1.54, 1.807) is 36.5 Å². The Balaban J connectivity index is 0.00000288. The van der Waals surface area contributed by atoms with Gasteiger partial charge in [-0.3, -0.25) is 9.59 Å². The van der Waals surface area contributed by atoms with Gasteiger partial charge in [0.25, 0.3) is 11.8 Å². The fraction of sp³-hybridized carbons (Fsp3) is 0.312. The molecule has 1 heterocycles. The van der Waals surface area contributed by atoms with Crippen molar-refractivity contribution < 1.29 is 9.59 Å². The number of amides is 2. The molecule has 2 aromatic rings. The molecule has 2 amide bonds. The molecule has 1 aromatic carbocycles. The molecule has 24 heavy (non-hydrogen) atoms. The molecule has 0 atom stereocenters. The SMILES string of the molecule is CNC(=O)c1ccc(CN(C)C(=O)c2csc(CCN)n2)cc1.Cl. The van der Waals surface area contributed by atoms with Crippen LogP contribution in [0.25, 0.3) is 0 Å². The molecule has 8 heteroatoms. The lowest BCUT2D eigenvalue weighted by Gasteiger charge is -2.16. The molecule has 3 N–H and O–H groups in total. The second-order valence-electron chi connectivity index (χ2n) is 5.10. The van der Waals surface area contributed by atoms with Gasteiger partial charge in [-0.25, -0.2) is 4.98 Å². The maximum absolute atomic E-state index is 12.4. The van der Waals surface area contributed by atoms with E-state index in [0.717, 1.165) is 10.6 Å². The molecule has 0 bridgehead atoms. The standard InChI is InChI=1S/C16H20N4O2S.ClH/c1-18-15(21)12-5-3-11(4-6-12)9-20(2)16(22)13-10-23-14(19-13)7-8-17;/h3-6,10H,7-9,17H2,1-2H3,(H,18,21);1H. The highest BCUT2D eigenvalue weighted by molar-refractivity contribution is 7.09. The molecular formula is C16H21ClN4O2S. The van der Waals surface area contributed by atoms with E-state index in [1.807, 2.05) is 12.1 Å². The molecule has 0 radical (unpaired) electrons. The lowest BCUT2D eigenvalue weighted by Crippen LogP contribution is -2.26. The van der Waals surface area contributed by atoms with Gasteiger partial charge in [0.05, 0.1) is 5.01 Å². The Hall–Kier alpha value is -1.96. The second-order valence-corrected chi connectivity index (χ2v) is 6.05. The van der Waals surface area contributed by atoms with Gasteiger partial charge >= 0.3 is 0 Å². The zero-order valence-corrected chi connectivity index (χ0v) is 15.2. The topological polar surface area (TPSA) is 88.3 Å². The van der Waals surface area contributed by atoms with Crippen molar-refractivity contribution in [2.75, 3.05) is 20.6 Å². The Morgan fingerprint density at radius 1 is 1.29 bits per heavy atom. The Morgan fingerprint density at radius 2 is 1.96 bits per heavy atom. The fourth-order valence-corrected chi connectivity index (χ4v) is 2.88. The Kier molecular flexibility index (Phi) is 7.84. The van der Waals surface area contributed by atoms with Gasteiger partial charge in [0.1, 0.15) is 5.69 Å². The van der Waals surface area contributed by atoms with E-state index in [0.29, 0.717) is 30.8 Å². The molecular weight excluding hydrogens is 348 g/mol. The first kappa shape index (κ1) is 20.1. The number of carbonyl (C=O) groups excluding carboxylic acids is 2. The highest BCUT2D eigenvalue weighted by Crippen LogP contribution is 2.14. The monoisotopic (exact) mass is 368 g/mol. The molecule has 1 aromatic heterocycles. The van der Waals surface area contributed by atoms with Crippen molar-refractivity contribution in [3.05, 3.63) is 51.5 Å². The summed E-state index contributed by atoms with van der Waals surface area (Å²) < 4.78 is 0. The van der Waals surface area contributed by atoms with Crippen molar-refractivity contribution >= 4 is 35.6 Å². The minimum atomic E-state index is -0.129. The molecule has 0 fully saturated rings. The summed E-state index contributed by atoms with van der Waals surface area (Å²) in [7, 11) is 3.33. The largest absolute Gasteiger partial charge is 0.355 e. The second kappa shape index (κ2) is 9.36. The van der Waals surface area contributed by atoms with E-state index in [-0.39, 0.29) is 24.2 Å². The van der Waals surface area contributed by atoms with E-state index in [1.165, 1.54) is 11.3 Å². The van der Waals surface area contributed by atoms with Crippen LogP contribution in [0.5, 0.6) is 0 Å². The summed E-state index contributed by atoms with van der Waals surface area (Å²) in [6.07, 6.45) is 0.683. The summed E-state index contributed by atoms with van der Waals surface area (Å²) in [5, 5.41) is 5.21. The van der Waals surface area contributed by atoms with Crippen molar-refractivity contribution in [2.45, 2.75) is 13.0 Å². The van der Waals surface area contributed by atoms with Crippen LogP contribution in [0.15, 0.2) is 29.6 Å². The smallest absolute Gasteiger partial charge is 0.273 e. The number of nitrogens with two attached hydrogens (primary N) is 1. The van der Waals surface area contributed by atoms with E-state index in [4.69, 9.17) is 5.73 Å². The van der Waals surface area contributed by atoms with Crippen molar-refractivity contribution in [3.63, 3.8) is 0 Å². The summed E-state index contributed by atoms with van der Waals surface area (Å²) in [5.41, 5.74) is 7.48. The number of benzene rings is 1. The van der Waals surface area contributed by atoms with Gasteiger partial charge in [-0.05, 0) is 24.2 Å². The number of nitrogens with zero attached hydrogens (tertiary/aromatic N) is 2. The van der Waals surface area contributed by atoms with Gasteiger partial charge < -0.3 is 16.0 Å². The first-order chi connectivity index (χ1) is 11.0. The Labute approximate surface area is 151 Å². The summed E-state index contributed by atoms with van der Waals surface area (Å²) in [5.74, 6) is -0.254. The summed E-state index contributed by atoms with van der Waals surface area (Å²) in [4.78, 5) is 29.8. The number of hydrogen-bond donors (Lipinski definition) is 2. The maximum Gasteiger partial charge on any atom is 0.273 e. The van der Waals surface area contributed by atoms with E-state index < -0.39 is 0 Å². The summed E-state index contributed by atoms with van der Waals surface area (Å²) in [6.45, 7) is 0.977. The molecule has 0 saturated heterocycles. The minimum absolute atomic E-state index is 0. The van der Waals surface area contributed by atoms with Gasteiger partial charge in [0.15, 0.2) is 0 Å². The normalized spacial score (nSPS) is 9.96. The van der Waals surface area contributed by atoms with Crippen LogP contribution >= 0.6 is 23.7 Å². The van der Waals surface area contributed by atoms with Crippen molar-refractivity contribution in [1.29, 1.82) is 0 Å². The highest BCUT2D eigenvalue weighted by atomic mass is 35.5. The number of hydrogen-bond acceptors (Lipinski definition) is 5. The van der Waals surface area contributed by atoms with Gasteiger partial charge in [-0.1, -0.05) is 12.1 Å². The third-order valence-corrected chi connectivity index (χ3v) is 4.25. The molecule has 130 valence electrons. The number of rotatable bonds is 6. The zero-order chi connectivity index (χ0) is 16.8. The number of nitrogens with one attached hydrogen (secondary N) is 1. The van der Waals surface area contributed by atoms with Crippen LogP contribution in [0.1, 0.15) is 31.4 Å². The van der Waals surface area contributed by atoms with Crippen molar-refractivity contribution in [3.8, 4) is 0 Å². The van der Waals surface area contributed by atoms with Crippen LogP contribution in [-0.2, 0) is 13.0 Å².